The number of hydrogen-bond donors (Lipinski definition) is 1. The van der Waals surface area contributed by atoms with Crippen molar-refractivity contribution < 1.29 is 9.53 Å². The number of nitrogens with one attached hydrogen (secondary N) is 1. The number of rotatable bonds is 5. The van der Waals surface area contributed by atoms with Crippen LogP contribution >= 0.6 is 11.6 Å². The number of carbonyl (C=O) groups excluding carboxylic acids is 1. The lowest BCUT2D eigenvalue weighted by Gasteiger charge is -2.25. The average molecular weight is 387 g/mol. The molecular formula is C20H23ClN4O2. The van der Waals surface area contributed by atoms with Crippen LogP contribution in [-0.2, 0) is 11.2 Å². The SMILES string of the molecule is O=C(CN1CCCCC1)NCC1Cc2cc(-c3cncnc3)cc(Cl)c2O1. The van der Waals surface area contributed by atoms with Crippen LogP contribution in [0.15, 0.2) is 30.9 Å². The van der Waals surface area contributed by atoms with Crippen LogP contribution in [0.3, 0.4) is 0 Å². The summed E-state index contributed by atoms with van der Waals surface area (Å²) in [4.78, 5) is 22.5. The third-order valence-electron chi connectivity index (χ3n) is 5.09. The summed E-state index contributed by atoms with van der Waals surface area (Å²) in [6, 6.07) is 3.94. The van der Waals surface area contributed by atoms with E-state index in [0.717, 1.165) is 36.2 Å². The predicted octanol–water partition coefficient (Wildman–Crippen LogP) is 2.70. The van der Waals surface area contributed by atoms with E-state index in [2.05, 4.69) is 26.3 Å². The van der Waals surface area contributed by atoms with Gasteiger partial charge in [0.25, 0.3) is 0 Å². The largest absolute Gasteiger partial charge is 0.486 e. The smallest absolute Gasteiger partial charge is 0.234 e. The van der Waals surface area contributed by atoms with Crippen molar-refractivity contribution in [1.82, 2.24) is 20.2 Å². The van der Waals surface area contributed by atoms with Crippen molar-refractivity contribution >= 4 is 17.5 Å². The molecule has 2 aromatic rings. The van der Waals surface area contributed by atoms with Gasteiger partial charge in [-0.25, -0.2) is 9.97 Å². The van der Waals surface area contributed by atoms with Gasteiger partial charge in [0.15, 0.2) is 0 Å². The van der Waals surface area contributed by atoms with Gasteiger partial charge < -0.3 is 10.1 Å². The number of carbonyl (C=O) groups is 1. The van der Waals surface area contributed by atoms with Crippen molar-refractivity contribution in [3.8, 4) is 16.9 Å². The number of aromatic nitrogens is 2. The maximum atomic E-state index is 12.2. The Labute approximate surface area is 163 Å². The molecule has 7 heteroatoms. The molecular weight excluding hydrogens is 364 g/mol. The first-order chi connectivity index (χ1) is 13.2. The Morgan fingerprint density at radius 1 is 1.19 bits per heavy atom. The molecule has 0 aliphatic carbocycles. The predicted molar refractivity (Wildman–Crippen MR) is 104 cm³/mol. The fourth-order valence-electron chi connectivity index (χ4n) is 3.72. The number of ether oxygens (including phenoxy) is 1. The summed E-state index contributed by atoms with van der Waals surface area (Å²) in [6.45, 7) is 2.99. The molecule has 1 aromatic carbocycles. The maximum absolute atomic E-state index is 12.2. The second kappa shape index (κ2) is 8.23. The van der Waals surface area contributed by atoms with Gasteiger partial charge in [-0.15, -0.1) is 0 Å². The lowest BCUT2D eigenvalue weighted by atomic mass is 10.0. The summed E-state index contributed by atoms with van der Waals surface area (Å²) in [6.07, 6.45) is 9.29. The number of hydrogen-bond acceptors (Lipinski definition) is 5. The lowest BCUT2D eigenvalue weighted by molar-refractivity contribution is -0.122. The van der Waals surface area contributed by atoms with E-state index in [1.807, 2.05) is 6.07 Å². The zero-order valence-corrected chi connectivity index (χ0v) is 15.9. The fraction of sp³-hybridized carbons (Fsp3) is 0.450. The zero-order valence-electron chi connectivity index (χ0n) is 15.2. The summed E-state index contributed by atoms with van der Waals surface area (Å²) in [5, 5.41) is 3.58. The third kappa shape index (κ3) is 4.39. The van der Waals surface area contributed by atoms with Gasteiger partial charge in [-0.1, -0.05) is 18.0 Å². The summed E-state index contributed by atoms with van der Waals surface area (Å²) in [7, 11) is 0. The molecule has 142 valence electrons. The minimum atomic E-state index is -0.0925. The van der Waals surface area contributed by atoms with Gasteiger partial charge in [0.1, 0.15) is 18.2 Å². The molecule has 1 N–H and O–H groups in total. The highest BCUT2D eigenvalue weighted by Gasteiger charge is 2.26. The van der Waals surface area contributed by atoms with E-state index in [0.29, 0.717) is 23.9 Å². The van der Waals surface area contributed by atoms with Gasteiger partial charge in [-0.05, 0) is 43.6 Å². The van der Waals surface area contributed by atoms with Crippen LogP contribution in [0.5, 0.6) is 5.75 Å². The normalized spacial score (nSPS) is 19.4. The van der Waals surface area contributed by atoms with E-state index in [1.165, 1.54) is 25.6 Å². The molecule has 0 bridgehead atoms. The van der Waals surface area contributed by atoms with Gasteiger partial charge in [0.2, 0.25) is 5.91 Å². The van der Waals surface area contributed by atoms with E-state index < -0.39 is 0 Å². The monoisotopic (exact) mass is 386 g/mol. The van der Waals surface area contributed by atoms with Gasteiger partial charge in [-0.3, -0.25) is 9.69 Å². The zero-order chi connectivity index (χ0) is 18.6. The van der Waals surface area contributed by atoms with E-state index in [1.54, 1.807) is 12.4 Å². The van der Waals surface area contributed by atoms with Crippen molar-refractivity contribution in [1.29, 1.82) is 0 Å². The molecule has 0 saturated carbocycles. The Hall–Kier alpha value is -2.18. The van der Waals surface area contributed by atoms with Crippen LogP contribution in [0, 0.1) is 0 Å². The molecule has 2 aliphatic rings. The average Bonchev–Trinajstić information content (AvgIpc) is 3.12. The number of likely N-dealkylation sites (tertiary alicyclic amines) is 1. The molecule has 1 saturated heterocycles. The lowest BCUT2D eigenvalue weighted by Crippen LogP contribution is -2.42. The van der Waals surface area contributed by atoms with Crippen LogP contribution < -0.4 is 10.1 Å². The summed E-state index contributed by atoms with van der Waals surface area (Å²) >= 11 is 6.42. The molecule has 6 nitrogen and oxygen atoms in total. The Balaban J connectivity index is 1.35. The Kier molecular flexibility index (Phi) is 5.55. The first-order valence-corrected chi connectivity index (χ1v) is 9.80. The second-order valence-electron chi connectivity index (χ2n) is 7.16. The van der Waals surface area contributed by atoms with E-state index in [-0.39, 0.29) is 12.0 Å². The highest BCUT2D eigenvalue weighted by atomic mass is 35.5. The Morgan fingerprint density at radius 2 is 1.96 bits per heavy atom. The van der Waals surface area contributed by atoms with Crippen molar-refractivity contribution in [3.63, 3.8) is 0 Å². The highest BCUT2D eigenvalue weighted by Crippen LogP contribution is 2.39. The Morgan fingerprint density at radius 3 is 2.74 bits per heavy atom. The van der Waals surface area contributed by atoms with E-state index in [4.69, 9.17) is 16.3 Å². The highest BCUT2D eigenvalue weighted by molar-refractivity contribution is 6.32. The van der Waals surface area contributed by atoms with Crippen molar-refractivity contribution in [2.75, 3.05) is 26.2 Å². The molecule has 1 aromatic heterocycles. The standard InChI is InChI=1S/C20H23ClN4O2/c21-18-8-14(16-9-22-13-23-10-16)6-15-7-17(27-20(15)18)11-24-19(26)12-25-4-2-1-3-5-25/h6,8-10,13,17H,1-5,7,11-12H2,(H,24,26). The Bertz CT molecular complexity index is 809. The number of nitrogens with zero attached hydrogens (tertiary/aromatic N) is 3. The molecule has 0 radical (unpaired) electrons. The first-order valence-electron chi connectivity index (χ1n) is 9.42. The van der Waals surface area contributed by atoms with Crippen molar-refractivity contribution in [2.24, 2.45) is 0 Å². The molecule has 1 amide bonds. The fourth-order valence-corrected chi connectivity index (χ4v) is 4.00. The minimum absolute atomic E-state index is 0.0599. The van der Waals surface area contributed by atoms with Gasteiger partial charge in [0.05, 0.1) is 18.1 Å². The molecule has 1 unspecified atom stereocenters. The van der Waals surface area contributed by atoms with E-state index >= 15 is 0 Å². The molecule has 2 aliphatic heterocycles. The van der Waals surface area contributed by atoms with Crippen LogP contribution in [0.2, 0.25) is 5.02 Å². The number of piperidine rings is 1. The molecule has 1 fully saturated rings. The molecule has 3 heterocycles. The molecule has 1 atom stereocenters. The van der Waals surface area contributed by atoms with Crippen LogP contribution in [-0.4, -0.2) is 53.1 Å². The molecule has 0 spiro atoms. The van der Waals surface area contributed by atoms with Gasteiger partial charge in [-0.2, -0.15) is 0 Å². The topological polar surface area (TPSA) is 67.4 Å². The van der Waals surface area contributed by atoms with Gasteiger partial charge >= 0.3 is 0 Å². The maximum Gasteiger partial charge on any atom is 0.234 e. The number of benzene rings is 1. The van der Waals surface area contributed by atoms with Crippen molar-refractivity contribution in [3.05, 3.63) is 41.4 Å². The van der Waals surface area contributed by atoms with Gasteiger partial charge in [0, 0.05) is 29.9 Å². The number of fused-ring (bicyclic) bond motifs is 1. The summed E-state index contributed by atoms with van der Waals surface area (Å²) in [5.41, 5.74) is 2.94. The molecule has 27 heavy (non-hydrogen) atoms. The van der Waals surface area contributed by atoms with E-state index in [9.17, 15) is 4.79 Å². The summed E-state index contributed by atoms with van der Waals surface area (Å²) in [5.74, 6) is 0.775. The second-order valence-corrected chi connectivity index (χ2v) is 7.57. The minimum Gasteiger partial charge on any atom is -0.486 e. The number of halogens is 1. The van der Waals surface area contributed by atoms with Crippen LogP contribution in [0.25, 0.3) is 11.1 Å². The number of amides is 1. The van der Waals surface area contributed by atoms with Crippen molar-refractivity contribution in [2.45, 2.75) is 31.8 Å². The van der Waals surface area contributed by atoms with Crippen LogP contribution in [0.1, 0.15) is 24.8 Å². The first kappa shape index (κ1) is 18.2. The third-order valence-corrected chi connectivity index (χ3v) is 5.37. The molecule has 4 rings (SSSR count). The summed E-state index contributed by atoms with van der Waals surface area (Å²) < 4.78 is 5.98. The quantitative estimate of drug-likeness (QED) is 0.855. The van der Waals surface area contributed by atoms with Crippen LogP contribution in [0.4, 0.5) is 0 Å².